The number of rotatable bonds is 29. The fourth-order valence-corrected chi connectivity index (χ4v) is 17.9. The summed E-state index contributed by atoms with van der Waals surface area (Å²) in [5.41, 5.74) is 0. The molecule has 0 aromatic heterocycles. The molecule has 0 aliphatic heterocycles. The van der Waals surface area contributed by atoms with Crippen LogP contribution in [0.15, 0.2) is 0 Å². The van der Waals surface area contributed by atoms with E-state index < -0.39 is 41.0 Å². The van der Waals surface area contributed by atoms with E-state index in [-0.39, 0.29) is 21.7 Å². The molecule has 0 saturated carbocycles. The highest BCUT2D eigenvalue weighted by atomic mass is 32.1. The third kappa shape index (κ3) is 14.1. The van der Waals surface area contributed by atoms with Crippen molar-refractivity contribution >= 4 is 102 Å². The minimum atomic E-state index is -3.26. The van der Waals surface area contributed by atoms with Crippen molar-refractivity contribution in [1.82, 2.24) is 0 Å². The largest absolute Gasteiger partial charge is 0.515 e. The van der Waals surface area contributed by atoms with Crippen molar-refractivity contribution in [2.24, 2.45) is 5.92 Å². The van der Waals surface area contributed by atoms with Crippen LogP contribution in [0.4, 0.5) is 0 Å². The van der Waals surface area contributed by atoms with Gasteiger partial charge in [-0.15, -0.1) is 0 Å². The van der Waals surface area contributed by atoms with Crippen LogP contribution in [0.5, 0.6) is 0 Å². The maximum absolute atomic E-state index is 6.24. The lowest BCUT2D eigenvalue weighted by Gasteiger charge is -2.41. The molecule has 45 heavy (non-hydrogen) atoms. The summed E-state index contributed by atoms with van der Waals surface area (Å²) in [6.07, 6.45) is 1.12. The highest BCUT2D eigenvalue weighted by Crippen LogP contribution is 2.39. The van der Waals surface area contributed by atoms with Gasteiger partial charge in [0.05, 0.1) is 14.6 Å². The van der Waals surface area contributed by atoms with Crippen molar-refractivity contribution < 1.29 is 39.8 Å². The second-order valence-corrected chi connectivity index (χ2v) is 23.0. The second kappa shape index (κ2) is 25.4. The zero-order chi connectivity index (χ0) is 34.7. The van der Waals surface area contributed by atoms with Gasteiger partial charge in [0.1, 0.15) is 0 Å². The maximum atomic E-state index is 6.24. The van der Waals surface area contributed by atoms with Crippen molar-refractivity contribution in [3.63, 3.8) is 0 Å². The number of thiol groups is 6. The number of hydrogen-bond donors (Lipinski definition) is 6. The minimum Gasteiger partial charge on any atom is -0.373 e. The summed E-state index contributed by atoms with van der Waals surface area (Å²) in [6, 6.07) is 0. The molecular formula is C27H62O9S6Si3. The molecule has 9 nitrogen and oxygen atoms in total. The molecule has 0 bridgehead atoms. The van der Waals surface area contributed by atoms with E-state index in [0.29, 0.717) is 72.3 Å². The fraction of sp³-hybridized carbons (Fsp3) is 1.00. The summed E-state index contributed by atoms with van der Waals surface area (Å²) < 4.78 is 55.9. The maximum Gasteiger partial charge on any atom is 0.515 e. The molecule has 0 rings (SSSR count). The van der Waals surface area contributed by atoms with Crippen LogP contribution in [0.25, 0.3) is 0 Å². The Hall–Kier alpha value is 2.39. The number of hydrogen-bond acceptors (Lipinski definition) is 15. The molecule has 0 aromatic rings. The summed E-state index contributed by atoms with van der Waals surface area (Å²) in [7, 11) is -9.66. The summed E-state index contributed by atoms with van der Waals surface area (Å²) in [5, 5.41) is -0.933. The van der Waals surface area contributed by atoms with Crippen LogP contribution in [-0.4, -0.2) is 116 Å². The van der Waals surface area contributed by atoms with Gasteiger partial charge in [-0.3, -0.25) is 0 Å². The van der Waals surface area contributed by atoms with Crippen LogP contribution < -0.4 is 0 Å². The van der Waals surface area contributed by atoms with Gasteiger partial charge in [-0.1, -0.05) is 0 Å². The van der Waals surface area contributed by atoms with Crippen molar-refractivity contribution in [3.8, 4) is 0 Å². The van der Waals surface area contributed by atoms with E-state index in [1.165, 1.54) is 0 Å². The molecule has 18 heteroatoms. The third-order valence-corrected chi connectivity index (χ3v) is 23.5. The summed E-state index contributed by atoms with van der Waals surface area (Å²) in [6.45, 7) is 21.2. The summed E-state index contributed by atoms with van der Waals surface area (Å²) >= 11 is 30.6. The molecule has 0 amide bonds. The first kappa shape index (κ1) is 47.4. The van der Waals surface area contributed by atoms with Gasteiger partial charge in [0.25, 0.3) is 0 Å². The molecule has 0 N–H and O–H groups in total. The average molecular weight is 807 g/mol. The van der Waals surface area contributed by atoms with Gasteiger partial charge < -0.3 is 39.8 Å². The van der Waals surface area contributed by atoms with E-state index in [4.69, 9.17) is 116 Å². The van der Waals surface area contributed by atoms with Crippen LogP contribution in [0.1, 0.15) is 75.2 Å². The van der Waals surface area contributed by atoms with Gasteiger partial charge in [0.2, 0.25) is 0 Å². The van der Waals surface area contributed by atoms with Gasteiger partial charge in [0.15, 0.2) is 0 Å². The van der Waals surface area contributed by atoms with E-state index in [9.17, 15) is 0 Å². The molecule has 0 aliphatic rings. The standard InChI is InChI=1S/C27H62O9S6Si3/c1-10-28-43(29-11-2,30-12-3)25(40)22(37)19-21(24(39)27(42)45(34-16-7,35-17-8)36-18-9)20-23(38)26(41)44(31-13-4,32-14-5)33-15-6/h21-27,37-42H,10-20H2,1-9H3. The van der Waals surface area contributed by atoms with E-state index in [1.54, 1.807) is 0 Å². The molecule has 6 atom stereocenters. The van der Waals surface area contributed by atoms with E-state index >= 15 is 0 Å². The third-order valence-electron chi connectivity index (χ3n) is 6.82. The van der Waals surface area contributed by atoms with Crippen LogP contribution in [-0.2, 0) is 39.8 Å². The van der Waals surface area contributed by atoms with Crippen LogP contribution in [0.2, 0.25) is 0 Å². The minimum absolute atomic E-state index is 0.133. The van der Waals surface area contributed by atoms with Gasteiger partial charge in [0, 0.05) is 75.2 Å². The predicted octanol–water partition coefficient (Wildman–Crippen LogP) is 5.94. The summed E-state index contributed by atoms with van der Waals surface area (Å²) in [4.78, 5) is -1.28. The van der Waals surface area contributed by atoms with E-state index in [1.807, 2.05) is 62.3 Å². The molecule has 0 fully saturated rings. The molecule has 0 heterocycles. The lowest BCUT2D eigenvalue weighted by molar-refractivity contribution is 0.0652. The average Bonchev–Trinajstić information content (AvgIpc) is 3.00. The topological polar surface area (TPSA) is 83.1 Å². The van der Waals surface area contributed by atoms with Gasteiger partial charge in [-0.2, -0.15) is 75.8 Å². The van der Waals surface area contributed by atoms with Crippen LogP contribution in [0.3, 0.4) is 0 Å². The molecule has 0 aromatic carbocycles. The van der Waals surface area contributed by atoms with Gasteiger partial charge in [-0.25, -0.2) is 0 Å². The normalized spacial score (nSPS) is 17.9. The Morgan fingerprint density at radius 1 is 0.356 bits per heavy atom. The Balaban J connectivity index is 6.78. The van der Waals surface area contributed by atoms with Gasteiger partial charge >= 0.3 is 26.4 Å². The Morgan fingerprint density at radius 2 is 0.556 bits per heavy atom. The Morgan fingerprint density at radius 3 is 0.756 bits per heavy atom. The quantitative estimate of drug-likeness (QED) is 0.0407. The van der Waals surface area contributed by atoms with Crippen molar-refractivity contribution in [2.75, 3.05) is 59.5 Å². The molecule has 0 aliphatic carbocycles. The lowest BCUT2D eigenvalue weighted by atomic mass is 9.94. The monoisotopic (exact) mass is 806 g/mol. The highest BCUT2D eigenvalue weighted by Gasteiger charge is 2.55. The summed E-state index contributed by atoms with van der Waals surface area (Å²) in [5.74, 6) is -0.133. The highest BCUT2D eigenvalue weighted by molar-refractivity contribution is 7.87. The van der Waals surface area contributed by atoms with Crippen LogP contribution >= 0.6 is 75.8 Å². The zero-order valence-electron chi connectivity index (χ0n) is 28.7. The Kier molecular flexibility index (Phi) is 26.7. The van der Waals surface area contributed by atoms with Crippen molar-refractivity contribution in [3.05, 3.63) is 0 Å². The second-order valence-electron chi connectivity index (χ2n) is 9.90. The molecular weight excluding hydrogens is 745 g/mol. The molecule has 272 valence electrons. The SMILES string of the molecule is CCO[Si](OCC)(OCC)C(S)C(S)CC(CC(S)C(S)[Si](OCC)(OCC)OCC)C(S)C(S)[Si](OCC)(OCC)OCC. The smallest absolute Gasteiger partial charge is 0.373 e. The van der Waals surface area contributed by atoms with Crippen molar-refractivity contribution in [2.45, 2.75) is 106 Å². The first-order valence-electron chi connectivity index (χ1n) is 16.2. The zero-order valence-corrected chi connectivity index (χ0v) is 37.0. The van der Waals surface area contributed by atoms with Crippen LogP contribution in [0, 0.1) is 5.92 Å². The Labute approximate surface area is 310 Å². The fourth-order valence-electron chi connectivity index (χ4n) is 5.15. The molecule has 0 spiro atoms. The first-order valence-corrected chi connectivity index (χ1v) is 24.7. The lowest BCUT2D eigenvalue weighted by Crippen LogP contribution is -2.60. The molecule has 6 unspecified atom stereocenters. The molecule has 0 radical (unpaired) electrons. The van der Waals surface area contributed by atoms with E-state index in [2.05, 4.69) is 0 Å². The van der Waals surface area contributed by atoms with E-state index in [0.717, 1.165) is 0 Å². The predicted molar refractivity (Wildman–Crippen MR) is 211 cm³/mol. The first-order chi connectivity index (χ1) is 21.3. The van der Waals surface area contributed by atoms with Gasteiger partial charge in [-0.05, 0) is 81.1 Å². The van der Waals surface area contributed by atoms with Crippen molar-refractivity contribution in [1.29, 1.82) is 0 Å². The molecule has 0 saturated heterocycles. The Bertz CT molecular complexity index is 667.